The molecule has 5 rings (SSSR count). The van der Waals surface area contributed by atoms with Gasteiger partial charge in [0.1, 0.15) is 23.7 Å². The van der Waals surface area contributed by atoms with Gasteiger partial charge in [-0.25, -0.2) is 12.8 Å². The van der Waals surface area contributed by atoms with Gasteiger partial charge in [-0.3, -0.25) is 4.68 Å². The molecule has 4 aromatic carbocycles. The second-order valence-corrected chi connectivity index (χ2v) is 9.98. The molecule has 34 heavy (non-hydrogen) atoms. The summed E-state index contributed by atoms with van der Waals surface area (Å²) in [7, 11) is -4.10. The average Bonchev–Trinajstić information content (AvgIpc) is 3.21. The van der Waals surface area contributed by atoms with Crippen LogP contribution in [0.5, 0.6) is 5.75 Å². The number of ether oxygens (including phenoxy) is 1. The lowest BCUT2D eigenvalue weighted by Gasteiger charge is -2.10. The molecule has 0 radical (unpaired) electrons. The number of benzene rings is 4. The maximum absolute atomic E-state index is 14.6. The molecular formula is C26H20ClFN2O3S. The summed E-state index contributed by atoms with van der Waals surface area (Å²) in [4.78, 5) is 0.115. The number of fused-ring (bicyclic) bond motifs is 2. The minimum absolute atomic E-state index is 0.115. The van der Waals surface area contributed by atoms with Crippen LogP contribution in [0.4, 0.5) is 4.39 Å². The second-order valence-electron chi connectivity index (χ2n) is 7.77. The summed E-state index contributed by atoms with van der Waals surface area (Å²) >= 11 is 5.79. The van der Waals surface area contributed by atoms with E-state index in [4.69, 9.17) is 16.3 Å². The molecule has 0 unspecified atom stereocenters. The lowest BCUT2D eigenvalue weighted by Crippen LogP contribution is -2.07. The van der Waals surface area contributed by atoms with Gasteiger partial charge in [0.05, 0.1) is 17.3 Å². The van der Waals surface area contributed by atoms with Crippen LogP contribution in [-0.2, 0) is 16.4 Å². The normalized spacial score (nSPS) is 11.8. The second kappa shape index (κ2) is 9.08. The SMILES string of the molecule is O=S(=O)(c1cccc2ccccc12)c1nn(Cc2ccccc2)c2c(OCCCl)cc(F)cc12. The van der Waals surface area contributed by atoms with Gasteiger partial charge < -0.3 is 4.74 Å². The van der Waals surface area contributed by atoms with E-state index in [1.54, 1.807) is 28.9 Å². The first-order valence-electron chi connectivity index (χ1n) is 10.6. The predicted octanol–water partition coefficient (Wildman–Crippen LogP) is 5.83. The predicted molar refractivity (Wildman–Crippen MR) is 131 cm³/mol. The highest BCUT2D eigenvalue weighted by atomic mass is 35.5. The molecule has 0 bridgehead atoms. The Balaban J connectivity index is 1.77. The summed E-state index contributed by atoms with van der Waals surface area (Å²) in [5.41, 5.74) is 1.31. The Morgan fingerprint density at radius 1 is 0.912 bits per heavy atom. The van der Waals surface area contributed by atoms with E-state index in [1.807, 2.05) is 48.5 Å². The first-order chi connectivity index (χ1) is 16.5. The van der Waals surface area contributed by atoms with Gasteiger partial charge >= 0.3 is 0 Å². The zero-order chi connectivity index (χ0) is 23.7. The molecule has 0 N–H and O–H groups in total. The third kappa shape index (κ3) is 4.02. The molecule has 172 valence electrons. The van der Waals surface area contributed by atoms with Gasteiger partial charge in [-0.1, -0.05) is 66.7 Å². The quantitative estimate of drug-likeness (QED) is 0.267. The van der Waals surface area contributed by atoms with Gasteiger partial charge in [-0.2, -0.15) is 5.10 Å². The van der Waals surface area contributed by atoms with Gasteiger partial charge in [0, 0.05) is 16.8 Å². The Hall–Kier alpha value is -3.42. The first kappa shape index (κ1) is 22.4. The molecule has 0 amide bonds. The Morgan fingerprint density at radius 3 is 2.44 bits per heavy atom. The number of sulfone groups is 1. The lowest BCUT2D eigenvalue weighted by atomic mass is 10.1. The molecule has 0 fully saturated rings. The van der Waals surface area contributed by atoms with Gasteiger partial charge in [0.15, 0.2) is 5.03 Å². The van der Waals surface area contributed by atoms with E-state index >= 15 is 0 Å². The van der Waals surface area contributed by atoms with Crippen molar-refractivity contribution < 1.29 is 17.5 Å². The van der Waals surface area contributed by atoms with Crippen LogP contribution in [0.3, 0.4) is 0 Å². The van der Waals surface area contributed by atoms with Crippen molar-refractivity contribution in [3.63, 3.8) is 0 Å². The maximum Gasteiger partial charge on any atom is 0.226 e. The Bertz CT molecular complexity index is 1600. The molecule has 0 saturated heterocycles. The third-order valence-electron chi connectivity index (χ3n) is 5.54. The molecule has 1 heterocycles. The summed E-state index contributed by atoms with van der Waals surface area (Å²) < 4.78 is 49.7. The van der Waals surface area contributed by atoms with E-state index in [0.29, 0.717) is 10.9 Å². The monoisotopic (exact) mass is 494 g/mol. The molecule has 8 heteroatoms. The van der Waals surface area contributed by atoms with E-state index in [9.17, 15) is 12.8 Å². The van der Waals surface area contributed by atoms with E-state index in [2.05, 4.69) is 5.10 Å². The van der Waals surface area contributed by atoms with Crippen LogP contribution in [0.1, 0.15) is 5.56 Å². The van der Waals surface area contributed by atoms with E-state index in [0.717, 1.165) is 10.9 Å². The highest BCUT2D eigenvalue weighted by Crippen LogP contribution is 2.36. The Kier molecular flexibility index (Phi) is 5.98. The molecule has 1 aromatic heterocycles. The van der Waals surface area contributed by atoms with Crippen molar-refractivity contribution in [2.24, 2.45) is 0 Å². The van der Waals surface area contributed by atoms with Gasteiger partial charge in [-0.05, 0) is 23.1 Å². The third-order valence-corrected chi connectivity index (χ3v) is 7.44. The number of rotatable bonds is 7. The summed E-state index contributed by atoms with van der Waals surface area (Å²) in [5, 5.41) is 5.80. The van der Waals surface area contributed by atoms with Crippen LogP contribution in [-0.4, -0.2) is 30.7 Å². The molecule has 0 aliphatic rings. The van der Waals surface area contributed by atoms with Gasteiger partial charge in [-0.15, -0.1) is 11.6 Å². The number of alkyl halides is 1. The number of hydrogen-bond acceptors (Lipinski definition) is 4. The van der Waals surface area contributed by atoms with Crippen molar-refractivity contribution in [2.75, 3.05) is 12.5 Å². The van der Waals surface area contributed by atoms with Crippen molar-refractivity contribution in [1.82, 2.24) is 9.78 Å². The summed E-state index contributed by atoms with van der Waals surface area (Å²) in [6.45, 7) is 0.424. The zero-order valence-corrected chi connectivity index (χ0v) is 19.6. The van der Waals surface area contributed by atoms with Crippen molar-refractivity contribution in [3.8, 4) is 5.75 Å². The van der Waals surface area contributed by atoms with Gasteiger partial charge in [0.2, 0.25) is 9.84 Å². The fraction of sp³-hybridized carbons (Fsp3) is 0.115. The fourth-order valence-electron chi connectivity index (χ4n) is 4.08. The maximum atomic E-state index is 14.6. The lowest BCUT2D eigenvalue weighted by molar-refractivity contribution is 0.343. The molecule has 5 aromatic rings. The van der Waals surface area contributed by atoms with Gasteiger partial charge in [0.25, 0.3) is 0 Å². The van der Waals surface area contributed by atoms with Crippen LogP contribution in [0.2, 0.25) is 0 Å². The Morgan fingerprint density at radius 2 is 1.65 bits per heavy atom. The minimum atomic E-state index is -4.10. The Labute approximate surface area is 201 Å². The van der Waals surface area contributed by atoms with Crippen LogP contribution in [0.25, 0.3) is 21.7 Å². The number of nitrogens with zero attached hydrogens (tertiary/aromatic N) is 2. The first-order valence-corrected chi connectivity index (χ1v) is 12.7. The highest BCUT2D eigenvalue weighted by molar-refractivity contribution is 7.91. The van der Waals surface area contributed by atoms with E-state index in [-0.39, 0.29) is 40.1 Å². The molecule has 0 spiro atoms. The molecule has 0 saturated carbocycles. The summed E-state index contributed by atoms with van der Waals surface area (Å²) in [6.07, 6.45) is 0. The topological polar surface area (TPSA) is 61.2 Å². The molecule has 0 aliphatic carbocycles. The largest absolute Gasteiger partial charge is 0.490 e. The van der Waals surface area contributed by atoms with E-state index in [1.165, 1.54) is 12.1 Å². The summed E-state index contributed by atoms with van der Waals surface area (Å²) in [5.74, 6) is -0.226. The average molecular weight is 495 g/mol. The number of aromatic nitrogens is 2. The van der Waals surface area contributed by atoms with Crippen LogP contribution in [0, 0.1) is 5.82 Å². The molecule has 0 aliphatic heterocycles. The van der Waals surface area contributed by atoms with Crippen molar-refractivity contribution in [1.29, 1.82) is 0 Å². The molecular weight excluding hydrogens is 475 g/mol. The van der Waals surface area contributed by atoms with Crippen molar-refractivity contribution >= 4 is 43.1 Å². The molecule has 0 atom stereocenters. The van der Waals surface area contributed by atoms with Crippen LogP contribution in [0.15, 0.2) is 94.9 Å². The fourth-order valence-corrected chi connectivity index (χ4v) is 5.75. The van der Waals surface area contributed by atoms with Crippen LogP contribution < -0.4 is 4.74 Å². The standard InChI is InChI=1S/C26H20ClFN2O3S/c27-13-14-33-23-16-20(28)15-22-25(23)30(17-18-7-2-1-3-8-18)29-26(22)34(31,32)24-12-6-10-19-9-4-5-11-21(19)24/h1-12,15-16H,13-14,17H2. The number of halogens is 2. The minimum Gasteiger partial charge on any atom is -0.490 e. The zero-order valence-electron chi connectivity index (χ0n) is 18.0. The smallest absolute Gasteiger partial charge is 0.226 e. The highest BCUT2D eigenvalue weighted by Gasteiger charge is 2.29. The number of hydrogen-bond donors (Lipinski definition) is 0. The molecule has 5 nitrogen and oxygen atoms in total. The van der Waals surface area contributed by atoms with Crippen molar-refractivity contribution in [3.05, 3.63) is 96.3 Å². The van der Waals surface area contributed by atoms with Crippen LogP contribution >= 0.6 is 11.6 Å². The van der Waals surface area contributed by atoms with Crippen molar-refractivity contribution in [2.45, 2.75) is 16.5 Å². The summed E-state index contributed by atoms with van der Waals surface area (Å²) in [6, 6.07) is 24.2. The van der Waals surface area contributed by atoms with E-state index < -0.39 is 15.7 Å².